The molecule has 0 aromatic heterocycles. The van der Waals surface area contributed by atoms with Crippen molar-refractivity contribution in [1.82, 2.24) is 5.43 Å². The zero-order valence-electron chi connectivity index (χ0n) is 10.1. The summed E-state index contributed by atoms with van der Waals surface area (Å²) in [6.45, 7) is 5.31. The minimum atomic E-state index is -0.617. The Hall–Kier alpha value is -2.04. The summed E-state index contributed by atoms with van der Waals surface area (Å²) >= 11 is 0. The molecule has 0 aliphatic heterocycles. The molecule has 0 atom stereocenters. The zero-order chi connectivity index (χ0) is 12.9. The molecule has 0 aliphatic carbocycles. The first-order chi connectivity index (χ1) is 7.87. The van der Waals surface area contributed by atoms with E-state index in [2.05, 4.69) is 10.5 Å². The van der Waals surface area contributed by atoms with Crippen molar-refractivity contribution in [2.24, 2.45) is 5.10 Å². The van der Waals surface area contributed by atoms with Crippen molar-refractivity contribution in [3.05, 3.63) is 29.8 Å². The van der Waals surface area contributed by atoms with Crippen LogP contribution in [0.5, 0.6) is 5.75 Å². The molecule has 1 aromatic rings. The highest BCUT2D eigenvalue weighted by atomic mass is 16.6. The molecule has 5 nitrogen and oxygen atoms in total. The fourth-order valence-corrected chi connectivity index (χ4v) is 1.07. The van der Waals surface area contributed by atoms with Crippen LogP contribution < -0.4 is 5.43 Å². The van der Waals surface area contributed by atoms with E-state index in [4.69, 9.17) is 4.74 Å². The number of phenolic OH excluding ortho intramolecular Hbond substituents is 1. The predicted molar refractivity (Wildman–Crippen MR) is 65.1 cm³/mol. The van der Waals surface area contributed by atoms with Gasteiger partial charge in [0.2, 0.25) is 0 Å². The topological polar surface area (TPSA) is 70.9 Å². The number of phenols is 1. The van der Waals surface area contributed by atoms with E-state index in [0.717, 1.165) is 0 Å². The van der Waals surface area contributed by atoms with Gasteiger partial charge < -0.3 is 9.84 Å². The molecule has 0 unspecified atom stereocenters. The van der Waals surface area contributed by atoms with Crippen LogP contribution in [0.15, 0.2) is 29.4 Å². The number of aromatic hydroxyl groups is 1. The number of amides is 1. The quantitative estimate of drug-likeness (QED) is 0.611. The first-order valence-electron chi connectivity index (χ1n) is 5.18. The molecule has 92 valence electrons. The maximum absolute atomic E-state index is 11.2. The Kier molecular flexibility index (Phi) is 4.09. The van der Waals surface area contributed by atoms with E-state index in [0.29, 0.717) is 5.56 Å². The average Bonchev–Trinajstić information content (AvgIpc) is 2.14. The Balaban J connectivity index is 2.48. The van der Waals surface area contributed by atoms with Crippen LogP contribution in [0, 0.1) is 0 Å². The van der Waals surface area contributed by atoms with Gasteiger partial charge in [-0.2, -0.15) is 5.10 Å². The van der Waals surface area contributed by atoms with Crippen molar-refractivity contribution < 1.29 is 14.6 Å². The van der Waals surface area contributed by atoms with Crippen LogP contribution in [0.25, 0.3) is 0 Å². The molecule has 0 heterocycles. The van der Waals surface area contributed by atoms with Crippen LogP contribution in [0.1, 0.15) is 26.3 Å². The summed E-state index contributed by atoms with van der Waals surface area (Å²) < 4.78 is 4.99. The van der Waals surface area contributed by atoms with Crippen LogP contribution in [-0.4, -0.2) is 23.0 Å². The SMILES string of the molecule is CC(C)(C)OC(=O)N/N=C\c1cccc(O)c1. The average molecular weight is 236 g/mol. The molecule has 1 rings (SSSR count). The second-order valence-electron chi connectivity index (χ2n) is 4.47. The molecule has 2 N–H and O–H groups in total. The van der Waals surface area contributed by atoms with Crippen molar-refractivity contribution in [2.45, 2.75) is 26.4 Å². The molecule has 0 aliphatic rings. The van der Waals surface area contributed by atoms with Crippen molar-refractivity contribution in [3.8, 4) is 5.75 Å². The van der Waals surface area contributed by atoms with Crippen LogP contribution in [0.4, 0.5) is 4.79 Å². The lowest BCUT2D eigenvalue weighted by Gasteiger charge is -2.18. The number of nitrogens with zero attached hydrogens (tertiary/aromatic N) is 1. The Morgan fingerprint density at radius 1 is 1.47 bits per heavy atom. The predicted octanol–water partition coefficient (Wildman–Crippen LogP) is 2.25. The summed E-state index contributed by atoms with van der Waals surface area (Å²) in [6.07, 6.45) is 0.804. The first-order valence-corrected chi connectivity index (χ1v) is 5.18. The first kappa shape index (κ1) is 13.0. The fraction of sp³-hybridized carbons (Fsp3) is 0.333. The minimum Gasteiger partial charge on any atom is -0.508 e. The standard InChI is InChI=1S/C12H16N2O3/c1-12(2,3)17-11(16)14-13-8-9-5-4-6-10(15)7-9/h4-8,15H,1-3H3,(H,14,16)/b13-8-. The lowest BCUT2D eigenvalue weighted by molar-refractivity contribution is 0.0529. The number of nitrogens with one attached hydrogen (secondary N) is 1. The van der Waals surface area contributed by atoms with Crippen molar-refractivity contribution in [3.63, 3.8) is 0 Å². The van der Waals surface area contributed by atoms with Gasteiger partial charge >= 0.3 is 6.09 Å². The van der Waals surface area contributed by atoms with E-state index in [1.54, 1.807) is 39.0 Å². The molecule has 0 saturated heterocycles. The second kappa shape index (κ2) is 5.34. The molecular weight excluding hydrogens is 220 g/mol. The summed E-state index contributed by atoms with van der Waals surface area (Å²) in [4.78, 5) is 11.2. The van der Waals surface area contributed by atoms with Gasteiger partial charge in [-0.3, -0.25) is 0 Å². The number of carbonyl (C=O) groups is 1. The smallest absolute Gasteiger partial charge is 0.428 e. The summed E-state index contributed by atoms with van der Waals surface area (Å²) in [5, 5.41) is 12.9. The zero-order valence-corrected chi connectivity index (χ0v) is 10.1. The van der Waals surface area contributed by atoms with Crippen molar-refractivity contribution in [1.29, 1.82) is 0 Å². The maximum atomic E-state index is 11.2. The highest BCUT2D eigenvalue weighted by molar-refractivity contribution is 5.81. The van der Waals surface area contributed by atoms with Gasteiger partial charge in [0.1, 0.15) is 11.4 Å². The lowest BCUT2D eigenvalue weighted by atomic mass is 10.2. The minimum absolute atomic E-state index is 0.145. The normalized spacial score (nSPS) is 11.5. The Bertz CT molecular complexity index is 422. The van der Waals surface area contributed by atoms with Gasteiger partial charge in [-0.1, -0.05) is 12.1 Å². The number of benzene rings is 1. The highest BCUT2D eigenvalue weighted by Gasteiger charge is 2.15. The highest BCUT2D eigenvalue weighted by Crippen LogP contribution is 2.09. The number of carbonyl (C=O) groups excluding carboxylic acids is 1. The van der Waals surface area contributed by atoms with E-state index in [9.17, 15) is 9.90 Å². The van der Waals surface area contributed by atoms with Gasteiger partial charge in [-0.05, 0) is 38.5 Å². The number of hydrogen-bond donors (Lipinski definition) is 2. The second-order valence-corrected chi connectivity index (χ2v) is 4.47. The summed E-state index contributed by atoms with van der Waals surface area (Å²) in [6, 6.07) is 6.52. The number of ether oxygens (including phenoxy) is 1. The van der Waals surface area contributed by atoms with E-state index >= 15 is 0 Å². The molecule has 17 heavy (non-hydrogen) atoms. The van der Waals surface area contributed by atoms with Crippen LogP contribution in [0.3, 0.4) is 0 Å². The number of hydrogen-bond acceptors (Lipinski definition) is 4. The third-order valence-corrected chi connectivity index (χ3v) is 1.64. The van der Waals surface area contributed by atoms with Crippen molar-refractivity contribution >= 4 is 12.3 Å². The third kappa shape index (κ3) is 5.55. The Morgan fingerprint density at radius 3 is 2.76 bits per heavy atom. The summed E-state index contributed by atoms with van der Waals surface area (Å²) in [7, 11) is 0. The van der Waals surface area contributed by atoms with Gasteiger partial charge in [-0.25, -0.2) is 10.2 Å². The third-order valence-electron chi connectivity index (χ3n) is 1.64. The van der Waals surface area contributed by atoms with Gasteiger partial charge in [0.25, 0.3) is 0 Å². The largest absolute Gasteiger partial charge is 0.508 e. The molecule has 1 amide bonds. The van der Waals surface area contributed by atoms with Crippen LogP contribution in [-0.2, 0) is 4.74 Å². The monoisotopic (exact) mass is 236 g/mol. The van der Waals surface area contributed by atoms with Crippen LogP contribution in [0.2, 0.25) is 0 Å². The van der Waals surface area contributed by atoms with E-state index in [1.165, 1.54) is 12.3 Å². The van der Waals surface area contributed by atoms with Gasteiger partial charge in [-0.15, -0.1) is 0 Å². The Labute approximate surface area is 100 Å². The number of rotatable bonds is 2. The number of hydrazone groups is 1. The van der Waals surface area contributed by atoms with Crippen molar-refractivity contribution in [2.75, 3.05) is 0 Å². The van der Waals surface area contributed by atoms with Gasteiger partial charge in [0.05, 0.1) is 6.21 Å². The molecule has 5 heteroatoms. The summed E-state index contributed by atoms with van der Waals surface area (Å²) in [5.74, 6) is 0.145. The molecular formula is C12H16N2O3. The lowest BCUT2D eigenvalue weighted by Crippen LogP contribution is -2.29. The molecule has 0 saturated carbocycles. The van der Waals surface area contributed by atoms with Crippen LogP contribution >= 0.6 is 0 Å². The van der Waals surface area contributed by atoms with E-state index < -0.39 is 11.7 Å². The van der Waals surface area contributed by atoms with Gasteiger partial charge in [0.15, 0.2) is 0 Å². The molecule has 0 radical (unpaired) electrons. The van der Waals surface area contributed by atoms with E-state index in [-0.39, 0.29) is 5.75 Å². The molecule has 1 aromatic carbocycles. The summed E-state index contributed by atoms with van der Waals surface area (Å²) in [5.41, 5.74) is 2.36. The molecule has 0 fully saturated rings. The maximum Gasteiger partial charge on any atom is 0.428 e. The Morgan fingerprint density at radius 2 is 2.18 bits per heavy atom. The fourth-order valence-electron chi connectivity index (χ4n) is 1.07. The van der Waals surface area contributed by atoms with E-state index in [1.807, 2.05) is 0 Å². The molecule has 0 bridgehead atoms. The molecule has 0 spiro atoms. The van der Waals surface area contributed by atoms with Gasteiger partial charge in [0, 0.05) is 0 Å².